The van der Waals surface area contributed by atoms with Crippen molar-refractivity contribution in [1.29, 1.82) is 0 Å². The monoisotopic (exact) mass is 264 g/mol. The normalized spacial score (nSPS) is 33.1. The van der Waals surface area contributed by atoms with Crippen LogP contribution in [0.25, 0.3) is 0 Å². The van der Waals surface area contributed by atoms with E-state index in [0.717, 1.165) is 31.5 Å². The highest BCUT2D eigenvalue weighted by molar-refractivity contribution is 5.71. The van der Waals surface area contributed by atoms with Crippen molar-refractivity contribution in [3.05, 3.63) is 11.7 Å². The smallest absolute Gasteiger partial charge is 0.307 e. The van der Waals surface area contributed by atoms with Gasteiger partial charge < -0.3 is 9.63 Å². The first-order valence-electron chi connectivity index (χ1n) is 7.05. The number of hydrogen-bond donors (Lipinski definition) is 1. The van der Waals surface area contributed by atoms with E-state index in [1.165, 1.54) is 0 Å². The Kier molecular flexibility index (Phi) is 2.87. The Labute approximate surface area is 112 Å². The van der Waals surface area contributed by atoms with Crippen LogP contribution >= 0.6 is 0 Å². The lowest BCUT2D eigenvalue weighted by molar-refractivity contribution is -0.143. The second kappa shape index (κ2) is 4.32. The van der Waals surface area contributed by atoms with E-state index in [4.69, 9.17) is 4.52 Å². The highest BCUT2D eigenvalue weighted by Crippen LogP contribution is 2.57. The summed E-state index contributed by atoms with van der Waals surface area (Å²) in [7, 11) is 0. The summed E-state index contributed by atoms with van der Waals surface area (Å²) < 4.78 is 5.35. The third-order valence-electron chi connectivity index (χ3n) is 4.68. The Hall–Kier alpha value is -1.39. The number of carboxylic acid groups (broad SMARTS) is 1. The molecule has 1 aromatic heterocycles. The Morgan fingerprint density at radius 2 is 2.05 bits per heavy atom. The van der Waals surface area contributed by atoms with Crippen molar-refractivity contribution >= 4 is 5.97 Å². The van der Waals surface area contributed by atoms with Gasteiger partial charge in [0.25, 0.3) is 0 Å². The van der Waals surface area contributed by atoms with E-state index in [2.05, 4.69) is 24.0 Å². The van der Waals surface area contributed by atoms with Gasteiger partial charge in [-0.2, -0.15) is 4.98 Å². The van der Waals surface area contributed by atoms with Crippen molar-refractivity contribution in [3.8, 4) is 0 Å². The molecule has 3 atom stereocenters. The maximum atomic E-state index is 11.3. The van der Waals surface area contributed by atoms with Gasteiger partial charge in [0.05, 0.1) is 11.8 Å². The van der Waals surface area contributed by atoms with E-state index in [1.807, 2.05) is 0 Å². The molecule has 0 amide bonds. The largest absolute Gasteiger partial charge is 0.481 e. The van der Waals surface area contributed by atoms with Crippen molar-refractivity contribution in [1.82, 2.24) is 10.1 Å². The minimum atomic E-state index is -0.740. The summed E-state index contributed by atoms with van der Waals surface area (Å²) >= 11 is 0. The van der Waals surface area contributed by atoms with Crippen LogP contribution in [0.1, 0.15) is 69.5 Å². The number of aromatic nitrogens is 2. The van der Waals surface area contributed by atoms with Gasteiger partial charge in [0.2, 0.25) is 5.89 Å². The quantitative estimate of drug-likeness (QED) is 0.908. The van der Waals surface area contributed by atoms with Gasteiger partial charge in [-0.25, -0.2) is 0 Å². The van der Waals surface area contributed by atoms with E-state index in [-0.39, 0.29) is 17.3 Å². The Bertz CT molecular complexity index is 495. The van der Waals surface area contributed by atoms with Crippen LogP contribution in [-0.4, -0.2) is 21.2 Å². The molecule has 5 nitrogen and oxygen atoms in total. The van der Waals surface area contributed by atoms with Crippen LogP contribution < -0.4 is 0 Å². The molecule has 2 saturated carbocycles. The van der Waals surface area contributed by atoms with Crippen LogP contribution in [0.2, 0.25) is 0 Å². The summed E-state index contributed by atoms with van der Waals surface area (Å²) in [5.41, 5.74) is 0.264. The molecule has 19 heavy (non-hydrogen) atoms. The molecule has 1 heterocycles. The summed E-state index contributed by atoms with van der Waals surface area (Å²) in [6, 6.07) is 0. The van der Waals surface area contributed by atoms with Crippen LogP contribution in [0.5, 0.6) is 0 Å². The van der Waals surface area contributed by atoms with Crippen molar-refractivity contribution < 1.29 is 14.4 Å². The number of rotatable bonds is 3. The van der Waals surface area contributed by atoms with Gasteiger partial charge in [-0.1, -0.05) is 31.8 Å². The molecule has 2 aliphatic carbocycles. The fourth-order valence-corrected chi connectivity index (χ4v) is 3.17. The fourth-order valence-electron chi connectivity index (χ4n) is 3.17. The van der Waals surface area contributed by atoms with E-state index in [9.17, 15) is 9.90 Å². The predicted octanol–water partition coefficient (Wildman–Crippen LogP) is 2.94. The summed E-state index contributed by atoms with van der Waals surface area (Å²) in [6.45, 7) is 4.38. The molecule has 0 spiro atoms. The van der Waals surface area contributed by atoms with Crippen LogP contribution in [-0.2, 0) is 4.79 Å². The third kappa shape index (κ3) is 2.26. The van der Waals surface area contributed by atoms with E-state index < -0.39 is 5.97 Å². The predicted molar refractivity (Wildman–Crippen MR) is 67.8 cm³/mol. The molecule has 104 valence electrons. The molecule has 0 aliphatic heterocycles. The molecular weight excluding hydrogens is 244 g/mol. The summed E-state index contributed by atoms with van der Waals surface area (Å²) in [4.78, 5) is 15.8. The highest BCUT2D eigenvalue weighted by atomic mass is 16.5. The van der Waals surface area contributed by atoms with Crippen molar-refractivity contribution in [2.24, 2.45) is 11.3 Å². The highest BCUT2D eigenvalue weighted by Gasteiger charge is 2.50. The lowest BCUT2D eigenvalue weighted by Crippen LogP contribution is -2.25. The van der Waals surface area contributed by atoms with Crippen molar-refractivity contribution in [2.75, 3.05) is 0 Å². The third-order valence-corrected chi connectivity index (χ3v) is 4.68. The zero-order chi connectivity index (χ0) is 13.6. The molecule has 1 N–H and O–H groups in total. The molecule has 0 aromatic carbocycles. The standard InChI is InChI=1S/C14H20N2O3/c1-14(2)7-10(14)11-15-12(19-16-11)8-5-3-4-6-9(8)13(17)18/h8-10H,3-7H2,1-2H3,(H,17,18). The first-order valence-corrected chi connectivity index (χ1v) is 7.05. The van der Waals surface area contributed by atoms with E-state index >= 15 is 0 Å². The van der Waals surface area contributed by atoms with Crippen LogP contribution in [0, 0.1) is 11.3 Å². The van der Waals surface area contributed by atoms with Gasteiger partial charge in [-0.05, 0) is 24.7 Å². The molecule has 3 unspecified atom stereocenters. The van der Waals surface area contributed by atoms with Gasteiger partial charge in [0.15, 0.2) is 5.82 Å². The van der Waals surface area contributed by atoms with Gasteiger partial charge >= 0.3 is 5.97 Å². The molecule has 5 heteroatoms. The average Bonchev–Trinajstić information content (AvgIpc) is 2.82. The van der Waals surface area contributed by atoms with Crippen molar-refractivity contribution in [2.45, 2.75) is 57.8 Å². The molecule has 0 radical (unpaired) electrons. The number of carboxylic acids is 1. The van der Waals surface area contributed by atoms with Crippen molar-refractivity contribution in [3.63, 3.8) is 0 Å². The number of nitrogens with zero attached hydrogens (tertiary/aromatic N) is 2. The lowest BCUT2D eigenvalue weighted by atomic mass is 9.79. The van der Waals surface area contributed by atoms with Gasteiger partial charge in [0.1, 0.15) is 0 Å². The summed E-state index contributed by atoms with van der Waals surface area (Å²) in [6.07, 6.45) is 4.66. The summed E-state index contributed by atoms with van der Waals surface area (Å²) in [5, 5.41) is 13.4. The molecular formula is C14H20N2O3. The molecule has 1 aromatic rings. The molecule has 0 saturated heterocycles. The maximum Gasteiger partial charge on any atom is 0.307 e. The molecule has 2 fully saturated rings. The minimum absolute atomic E-state index is 0.102. The van der Waals surface area contributed by atoms with Gasteiger partial charge in [0, 0.05) is 5.92 Å². The fraction of sp³-hybridized carbons (Fsp3) is 0.786. The summed E-state index contributed by atoms with van der Waals surface area (Å²) in [5.74, 6) is 0.455. The molecule has 2 aliphatic rings. The second-order valence-corrected chi connectivity index (χ2v) is 6.57. The molecule has 3 rings (SSSR count). The SMILES string of the molecule is CC1(C)CC1c1noc(C2CCCCC2C(=O)O)n1. The van der Waals surface area contributed by atoms with Crippen LogP contribution in [0.15, 0.2) is 4.52 Å². The second-order valence-electron chi connectivity index (χ2n) is 6.57. The van der Waals surface area contributed by atoms with Crippen LogP contribution in [0.4, 0.5) is 0 Å². The Balaban J connectivity index is 1.79. The number of carbonyl (C=O) groups is 1. The van der Waals surface area contributed by atoms with E-state index in [1.54, 1.807) is 0 Å². The zero-order valence-corrected chi connectivity index (χ0v) is 11.4. The first-order chi connectivity index (χ1) is 8.99. The Morgan fingerprint density at radius 3 is 2.68 bits per heavy atom. The zero-order valence-electron chi connectivity index (χ0n) is 11.4. The maximum absolute atomic E-state index is 11.3. The van der Waals surface area contributed by atoms with Gasteiger partial charge in [-0.3, -0.25) is 4.79 Å². The minimum Gasteiger partial charge on any atom is -0.481 e. The Morgan fingerprint density at radius 1 is 1.37 bits per heavy atom. The number of aliphatic carboxylic acids is 1. The lowest BCUT2D eigenvalue weighted by Gasteiger charge is -2.25. The topological polar surface area (TPSA) is 76.2 Å². The molecule has 0 bridgehead atoms. The number of hydrogen-bond acceptors (Lipinski definition) is 4. The van der Waals surface area contributed by atoms with Crippen LogP contribution in [0.3, 0.4) is 0 Å². The van der Waals surface area contributed by atoms with E-state index in [0.29, 0.717) is 18.2 Å². The van der Waals surface area contributed by atoms with Gasteiger partial charge in [-0.15, -0.1) is 0 Å². The average molecular weight is 264 g/mol. The first kappa shape index (κ1) is 12.6.